The third kappa shape index (κ3) is 4.72. The van der Waals surface area contributed by atoms with Gasteiger partial charge in [0.2, 0.25) is 0 Å². The minimum absolute atomic E-state index is 0.000590. The van der Waals surface area contributed by atoms with E-state index in [4.69, 9.17) is 22.1 Å². The van der Waals surface area contributed by atoms with Crippen LogP contribution in [0.1, 0.15) is 11.4 Å². The van der Waals surface area contributed by atoms with Crippen molar-refractivity contribution in [1.82, 2.24) is 28.9 Å². The van der Waals surface area contributed by atoms with Crippen molar-refractivity contribution in [3.05, 3.63) is 97.6 Å². The number of nitrogens with zero attached hydrogens (tertiary/aromatic N) is 6. The first-order chi connectivity index (χ1) is 18.6. The lowest BCUT2D eigenvalue weighted by Crippen LogP contribution is -2.41. The number of methoxy groups -OCH3 is 1. The standard InChI is InChI=1S/C25H19ClF3N7O3/c1-34-11-32-21(33-34)10-36-24(37)22-18(35(25(36)38)9-12-3-16(27)23(29)17(28)4-12)5-13(6-19(22)39-2)14-8-31-20(30)7-15(14)26/h3-8,11H,9-10H2,1-2H3,(H2,30,31). The van der Waals surface area contributed by atoms with Gasteiger partial charge in [0, 0.05) is 18.8 Å². The van der Waals surface area contributed by atoms with Gasteiger partial charge in [0.1, 0.15) is 23.3 Å². The monoisotopic (exact) mass is 557 g/mol. The highest BCUT2D eigenvalue weighted by Crippen LogP contribution is 2.34. The maximum atomic E-state index is 14.0. The van der Waals surface area contributed by atoms with Crippen LogP contribution in [0.2, 0.25) is 5.02 Å². The highest BCUT2D eigenvalue weighted by Gasteiger charge is 2.21. The van der Waals surface area contributed by atoms with Crippen molar-refractivity contribution >= 4 is 28.3 Å². The lowest BCUT2D eigenvalue weighted by molar-refractivity contribution is 0.418. The van der Waals surface area contributed by atoms with E-state index < -0.39 is 35.2 Å². The molecule has 0 atom stereocenters. The molecular formula is C25H19ClF3N7O3. The molecule has 0 aliphatic carbocycles. The molecule has 14 heteroatoms. The molecule has 2 aromatic carbocycles. The summed E-state index contributed by atoms with van der Waals surface area (Å²) >= 11 is 6.38. The van der Waals surface area contributed by atoms with Crippen LogP contribution in [0.15, 0.2) is 52.4 Å². The van der Waals surface area contributed by atoms with Crippen molar-refractivity contribution in [2.24, 2.45) is 7.05 Å². The Labute approximate surface area is 222 Å². The number of aryl methyl sites for hydroxylation is 1. The molecule has 5 aromatic rings. The number of benzene rings is 2. The fourth-order valence-electron chi connectivity index (χ4n) is 4.25. The summed E-state index contributed by atoms with van der Waals surface area (Å²) < 4.78 is 50.6. The average Bonchev–Trinajstić information content (AvgIpc) is 3.31. The van der Waals surface area contributed by atoms with E-state index in [9.17, 15) is 22.8 Å². The fourth-order valence-corrected chi connectivity index (χ4v) is 4.52. The normalized spacial score (nSPS) is 11.3. The van der Waals surface area contributed by atoms with Crippen LogP contribution in [0.4, 0.5) is 19.0 Å². The Morgan fingerprint density at radius 1 is 1.00 bits per heavy atom. The molecule has 200 valence electrons. The highest BCUT2D eigenvalue weighted by atomic mass is 35.5. The number of halogens is 4. The summed E-state index contributed by atoms with van der Waals surface area (Å²) in [5, 5.41) is 4.37. The Bertz CT molecular complexity index is 1860. The number of anilines is 1. The summed E-state index contributed by atoms with van der Waals surface area (Å²) in [5.41, 5.74) is 5.03. The molecule has 0 saturated heterocycles. The first-order valence-corrected chi connectivity index (χ1v) is 11.7. The second-order valence-corrected chi connectivity index (χ2v) is 9.04. The Hall–Kier alpha value is -4.65. The van der Waals surface area contributed by atoms with Crippen LogP contribution in [0, 0.1) is 17.5 Å². The van der Waals surface area contributed by atoms with Gasteiger partial charge < -0.3 is 10.5 Å². The van der Waals surface area contributed by atoms with E-state index in [0.717, 1.165) is 21.3 Å². The SMILES string of the molecule is COc1cc(-c2cnc(N)cc2Cl)cc2c1c(=O)n(Cc1ncn(C)n1)c(=O)n2Cc1cc(F)c(F)c(F)c1. The zero-order valence-electron chi connectivity index (χ0n) is 20.5. The van der Waals surface area contributed by atoms with Gasteiger partial charge in [-0.2, -0.15) is 5.10 Å². The van der Waals surface area contributed by atoms with Crippen LogP contribution < -0.4 is 21.7 Å². The summed E-state index contributed by atoms with van der Waals surface area (Å²) in [6.45, 7) is -0.709. The zero-order valence-corrected chi connectivity index (χ0v) is 21.2. The van der Waals surface area contributed by atoms with Crippen molar-refractivity contribution in [1.29, 1.82) is 0 Å². The molecule has 3 heterocycles. The molecular weight excluding hydrogens is 539 g/mol. The van der Waals surface area contributed by atoms with Crippen molar-refractivity contribution < 1.29 is 17.9 Å². The molecule has 0 fully saturated rings. The van der Waals surface area contributed by atoms with Crippen molar-refractivity contribution in [3.63, 3.8) is 0 Å². The van der Waals surface area contributed by atoms with Crippen molar-refractivity contribution in [2.45, 2.75) is 13.1 Å². The Balaban J connectivity index is 1.83. The zero-order chi connectivity index (χ0) is 28.0. The molecule has 39 heavy (non-hydrogen) atoms. The van der Waals surface area contributed by atoms with Gasteiger partial charge in [-0.15, -0.1) is 0 Å². The number of ether oxygens (including phenoxy) is 1. The second-order valence-electron chi connectivity index (χ2n) is 8.63. The van der Waals surface area contributed by atoms with E-state index in [2.05, 4.69) is 15.1 Å². The van der Waals surface area contributed by atoms with Gasteiger partial charge in [0.05, 0.1) is 30.7 Å². The first-order valence-electron chi connectivity index (χ1n) is 11.3. The van der Waals surface area contributed by atoms with Crippen LogP contribution >= 0.6 is 11.6 Å². The predicted octanol–water partition coefficient (Wildman–Crippen LogP) is 3.11. The molecule has 5 rings (SSSR count). The van der Waals surface area contributed by atoms with Gasteiger partial charge in [-0.25, -0.2) is 27.9 Å². The second kappa shape index (κ2) is 9.91. The Morgan fingerprint density at radius 3 is 2.33 bits per heavy atom. The largest absolute Gasteiger partial charge is 0.496 e. The summed E-state index contributed by atoms with van der Waals surface area (Å²) in [6, 6.07) is 6.02. The lowest BCUT2D eigenvalue weighted by Gasteiger charge is -2.17. The highest BCUT2D eigenvalue weighted by molar-refractivity contribution is 6.33. The molecule has 0 saturated carbocycles. The summed E-state index contributed by atoms with van der Waals surface area (Å²) in [4.78, 5) is 35.5. The molecule has 2 N–H and O–H groups in total. The summed E-state index contributed by atoms with van der Waals surface area (Å²) in [7, 11) is 2.96. The topological polar surface area (TPSA) is 123 Å². The molecule has 10 nitrogen and oxygen atoms in total. The van der Waals surface area contributed by atoms with E-state index in [-0.39, 0.29) is 45.4 Å². The third-order valence-corrected chi connectivity index (χ3v) is 6.34. The number of hydrogen-bond acceptors (Lipinski definition) is 7. The van der Waals surface area contributed by atoms with E-state index in [1.807, 2.05) is 0 Å². The molecule has 0 radical (unpaired) electrons. The van der Waals surface area contributed by atoms with Gasteiger partial charge in [-0.1, -0.05) is 11.6 Å². The van der Waals surface area contributed by atoms with Gasteiger partial charge in [0.25, 0.3) is 5.56 Å². The molecule has 0 aliphatic rings. The number of hydrogen-bond donors (Lipinski definition) is 1. The van der Waals surface area contributed by atoms with Gasteiger partial charge in [-0.3, -0.25) is 18.6 Å². The van der Waals surface area contributed by atoms with Crippen LogP contribution in [0.25, 0.3) is 22.0 Å². The molecule has 0 bridgehead atoms. The Kier molecular flexibility index (Phi) is 6.60. The number of nitrogen functional groups attached to an aromatic ring is 1. The van der Waals surface area contributed by atoms with Crippen LogP contribution in [0.3, 0.4) is 0 Å². The molecule has 0 spiro atoms. The molecule has 0 aliphatic heterocycles. The number of rotatable bonds is 6. The van der Waals surface area contributed by atoms with Crippen LogP contribution in [-0.2, 0) is 20.1 Å². The number of aromatic nitrogens is 6. The smallest absolute Gasteiger partial charge is 0.332 e. The van der Waals surface area contributed by atoms with Crippen LogP contribution in [0.5, 0.6) is 5.75 Å². The minimum atomic E-state index is -1.64. The van der Waals surface area contributed by atoms with Gasteiger partial charge in [-0.05, 0) is 41.5 Å². The fraction of sp³-hybridized carbons (Fsp3) is 0.160. The van der Waals surface area contributed by atoms with Crippen molar-refractivity contribution in [3.8, 4) is 16.9 Å². The van der Waals surface area contributed by atoms with E-state index in [1.54, 1.807) is 7.05 Å². The van der Waals surface area contributed by atoms with Gasteiger partial charge in [0.15, 0.2) is 23.3 Å². The minimum Gasteiger partial charge on any atom is -0.496 e. The van der Waals surface area contributed by atoms with E-state index in [0.29, 0.717) is 11.1 Å². The summed E-state index contributed by atoms with van der Waals surface area (Å²) in [5.74, 6) is -4.04. The predicted molar refractivity (Wildman–Crippen MR) is 137 cm³/mol. The van der Waals surface area contributed by atoms with E-state index >= 15 is 0 Å². The lowest BCUT2D eigenvalue weighted by atomic mass is 10.0. The number of fused-ring (bicyclic) bond motifs is 1. The van der Waals surface area contributed by atoms with E-state index in [1.165, 1.54) is 42.5 Å². The molecule has 3 aromatic heterocycles. The Morgan fingerprint density at radius 2 is 1.72 bits per heavy atom. The summed E-state index contributed by atoms with van der Waals surface area (Å²) in [6.07, 6.45) is 2.82. The third-order valence-electron chi connectivity index (χ3n) is 6.03. The van der Waals surface area contributed by atoms with Gasteiger partial charge >= 0.3 is 5.69 Å². The molecule has 0 unspecified atom stereocenters. The first kappa shape index (κ1) is 26.0. The maximum Gasteiger partial charge on any atom is 0.332 e. The maximum absolute atomic E-state index is 14.0. The molecule has 0 amide bonds. The van der Waals surface area contributed by atoms with Crippen LogP contribution in [-0.4, -0.2) is 36.0 Å². The number of nitrogens with two attached hydrogens (primary N) is 1. The quantitative estimate of drug-likeness (QED) is 0.318. The van der Waals surface area contributed by atoms with Crippen molar-refractivity contribution in [2.75, 3.05) is 12.8 Å². The average molecular weight is 558 g/mol. The number of pyridine rings is 1.